The number of hydrogen-bond donors (Lipinski definition) is 2. The van der Waals surface area contributed by atoms with Crippen molar-refractivity contribution < 1.29 is 9.59 Å². The molecule has 2 amide bonds. The number of benzene rings is 2. The van der Waals surface area contributed by atoms with Crippen molar-refractivity contribution >= 4 is 58.2 Å². The van der Waals surface area contributed by atoms with Crippen molar-refractivity contribution in [1.29, 1.82) is 0 Å². The number of amides is 2. The number of nitrogens with zero attached hydrogens (tertiary/aromatic N) is 1. The Kier molecular flexibility index (Phi) is 7.56. The molecule has 1 heterocycles. The summed E-state index contributed by atoms with van der Waals surface area (Å²) in [5, 5.41) is 7.23. The molecular formula is C21H15Cl4N3O2. The van der Waals surface area contributed by atoms with Gasteiger partial charge in [-0.2, -0.15) is 0 Å². The standard InChI is InChI=1S/C21H15Cl4N3O2/c22-15-4-1-12(7-17(15)24)9-27-20(29)14-3-6-19(26-11-14)21(30)28-10-13-2-5-16(23)18(25)8-13/h1-8,11H,9-10H2,(H,27,29)(H,28,30). The Balaban J connectivity index is 1.55. The van der Waals surface area contributed by atoms with E-state index in [-0.39, 0.29) is 30.6 Å². The SMILES string of the molecule is O=C(NCc1ccc(Cl)c(Cl)c1)c1ccc(C(=O)NCc2ccc(Cl)c(Cl)c2)nc1. The molecule has 3 aromatic rings. The fraction of sp³-hybridized carbons (Fsp3) is 0.0952. The molecule has 0 fully saturated rings. The molecule has 2 aromatic carbocycles. The summed E-state index contributed by atoms with van der Waals surface area (Å²) in [5.41, 5.74) is 2.13. The van der Waals surface area contributed by atoms with E-state index in [1.165, 1.54) is 18.3 Å². The van der Waals surface area contributed by atoms with Gasteiger partial charge in [0, 0.05) is 19.3 Å². The highest BCUT2D eigenvalue weighted by Crippen LogP contribution is 2.23. The largest absolute Gasteiger partial charge is 0.348 e. The Morgan fingerprint density at radius 3 is 1.70 bits per heavy atom. The topological polar surface area (TPSA) is 71.1 Å². The lowest BCUT2D eigenvalue weighted by molar-refractivity contribution is 0.0935. The van der Waals surface area contributed by atoms with Gasteiger partial charge in [-0.15, -0.1) is 0 Å². The van der Waals surface area contributed by atoms with Gasteiger partial charge in [0.15, 0.2) is 0 Å². The zero-order chi connectivity index (χ0) is 21.7. The molecule has 0 saturated carbocycles. The van der Waals surface area contributed by atoms with Gasteiger partial charge in [0.1, 0.15) is 5.69 Å². The van der Waals surface area contributed by atoms with E-state index in [0.29, 0.717) is 25.7 Å². The summed E-state index contributed by atoms with van der Waals surface area (Å²) in [6.07, 6.45) is 1.35. The van der Waals surface area contributed by atoms with Crippen LogP contribution in [0.15, 0.2) is 54.7 Å². The molecule has 0 bridgehead atoms. The van der Waals surface area contributed by atoms with E-state index in [0.717, 1.165) is 11.1 Å². The van der Waals surface area contributed by atoms with E-state index < -0.39 is 0 Å². The highest BCUT2D eigenvalue weighted by Gasteiger charge is 2.11. The predicted octanol–water partition coefficient (Wildman–Crippen LogP) is 5.56. The molecule has 0 aliphatic rings. The van der Waals surface area contributed by atoms with Gasteiger partial charge in [-0.3, -0.25) is 14.6 Å². The van der Waals surface area contributed by atoms with Gasteiger partial charge in [0.2, 0.25) is 0 Å². The molecule has 3 rings (SSSR count). The van der Waals surface area contributed by atoms with E-state index in [1.54, 1.807) is 36.4 Å². The van der Waals surface area contributed by atoms with Gasteiger partial charge in [-0.25, -0.2) is 0 Å². The van der Waals surface area contributed by atoms with Gasteiger partial charge in [-0.05, 0) is 47.5 Å². The average molecular weight is 483 g/mol. The maximum Gasteiger partial charge on any atom is 0.270 e. The summed E-state index contributed by atoms with van der Waals surface area (Å²) < 4.78 is 0. The molecule has 0 radical (unpaired) electrons. The van der Waals surface area contributed by atoms with Crippen LogP contribution in [-0.2, 0) is 13.1 Å². The van der Waals surface area contributed by atoms with Crippen molar-refractivity contribution in [1.82, 2.24) is 15.6 Å². The van der Waals surface area contributed by atoms with Crippen LogP contribution in [0.5, 0.6) is 0 Å². The van der Waals surface area contributed by atoms with Gasteiger partial charge < -0.3 is 10.6 Å². The molecule has 2 N–H and O–H groups in total. The van der Waals surface area contributed by atoms with E-state index in [4.69, 9.17) is 46.4 Å². The first-order chi connectivity index (χ1) is 14.3. The second kappa shape index (κ2) is 10.1. The Hall–Kier alpha value is -2.31. The van der Waals surface area contributed by atoms with Crippen LogP contribution in [0.1, 0.15) is 32.0 Å². The lowest BCUT2D eigenvalue weighted by Gasteiger charge is -2.08. The second-order valence-corrected chi connectivity index (χ2v) is 7.92. The Bertz CT molecular complexity index is 1000. The van der Waals surface area contributed by atoms with Gasteiger partial charge >= 0.3 is 0 Å². The molecule has 5 nitrogen and oxygen atoms in total. The molecule has 0 atom stereocenters. The van der Waals surface area contributed by atoms with Crippen molar-refractivity contribution in [3.8, 4) is 0 Å². The number of nitrogens with one attached hydrogen (secondary N) is 2. The molecule has 1 aromatic heterocycles. The number of rotatable bonds is 6. The number of carbonyl (C=O) groups is 2. The van der Waals surface area contributed by atoms with Crippen LogP contribution in [0.4, 0.5) is 0 Å². The van der Waals surface area contributed by atoms with Crippen LogP contribution in [-0.4, -0.2) is 16.8 Å². The normalized spacial score (nSPS) is 10.5. The van der Waals surface area contributed by atoms with E-state index >= 15 is 0 Å². The van der Waals surface area contributed by atoms with Crippen molar-refractivity contribution in [3.05, 3.63) is 97.2 Å². The fourth-order valence-electron chi connectivity index (χ4n) is 2.52. The minimum atomic E-state index is -0.371. The first-order valence-corrected chi connectivity index (χ1v) is 10.2. The highest BCUT2D eigenvalue weighted by molar-refractivity contribution is 6.42. The predicted molar refractivity (Wildman–Crippen MR) is 120 cm³/mol. The van der Waals surface area contributed by atoms with Crippen LogP contribution in [0.3, 0.4) is 0 Å². The summed E-state index contributed by atoms with van der Waals surface area (Å²) in [4.78, 5) is 28.6. The third-order valence-corrected chi connectivity index (χ3v) is 5.61. The maximum atomic E-state index is 12.3. The summed E-state index contributed by atoms with van der Waals surface area (Å²) in [7, 11) is 0. The summed E-state index contributed by atoms with van der Waals surface area (Å²) in [6, 6.07) is 13.2. The highest BCUT2D eigenvalue weighted by atomic mass is 35.5. The van der Waals surface area contributed by atoms with Gasteiger partial charge in [0.05, 0.1) is 25.7 Å². The Morgan fingerprint density at radius 1 is 0.700 bits per heavy atom. The average Bonchev–Trinajstić information content (AvgIpc) is 2.75. The third-order valence-electron chi connectivity index (χ3n) is 4.13. The second-order valence-electron chi connectivity index (χ2n) is 6.29. The maximum absolute atomic E-state index is 12.3. The number of halogens is 4. The van der Waals surface area contributed by atoms with E-state index in [2.05, 4.69) is 15.6 Å². The van der Waals surface area contributed by atoms with Crippen molar-refractivity contribution in [2.75, 3.05) is 0 Å². The van der Waals surface area contributed by atoms with Crippen LogP contribution in [0.2, 0.25) is 20.1 Å². The first-order valence-electron chi connectivity index (χ1n) is 8.74. The van der Waals surface area contributed by atoms with Crippen molar-refractivity contribution in [3.63, 3.8) is 0 Å². The summed E-state index contributed by atoms with van der Waals surface area (Å²) in [5.74, 6) is -0.694. The van der Waals surface area contributed by atoms with Crippen LogP contribution >= 0.6 is 46.4 Å². The lowest BCUT2D eigenvalue weighted by Crippen LogP contribution is -2.25. The number of pyridine rings is 1. The molecule has 0 saturated heterocycles. The summed E-state index contributed by atoms with van der Waals surface area (Å²) in [6.45, 7) is 0.547. The first kappa shape index (κ1) is 22.4. The monoisotopic (exact) mass is 481 g/mol. The minimum Gasteiger partial charge on any atom is -0.348 e. The van der Waals surface area contributed by atoms with Crippen molar-refractivity contribution in [2.24, 2.45) is 0 Å². The number of hydrogen-bond acceptors (Lipinski definition) is 3. The van der Waals surface area contributed by atoms with Crippen molar-refractivity contribution in [2.45, 2.75) is 13.1 Å². The Labute approximate surface area is 193 Å². The molecule has 30 heavy (non-hydrogen) atoms. The zero-order valence-electron chi connectivity index (χ0n) is 15.4. The molecule has 154 valence electrons. The van der Waals surface area contributed by atoms with Crippen LogP contribution in [0.25, 0.3) is 0 Å². The minimum absolute atomic E-state index is 0.191. The lowest BCUT2D eigenvalue weighted by atomic mass is 10.2. The van der Waals surface area contributed by atoms with Crippen LogP contribution in [0, 0.1) is 0 Å². The number of aromatic nitrogens is 1. The molecule has 0 aliphatic heterocycles. The molecule has 9 heteroatoms. The molecular weight excluding hydrogens is 468 g/mol. The number of carbonyl (C=O) groups excluding carboxylic acids is 2. The molecule has 0 unspecified atom stereocenters. The quantitative estimate of drug-likeness (QED) is 0.483. The Morgan fingerprint density at radius 2 is 1.23 bits per heavy atom. The van der Waals surface area contributed by atoms with Gasteiger partial charge in [-0.1, -0.05) is 58.5 Å². The molecule has 0 spiro atoms. The summed E-state index contributed by atoms with van der Waals surface area (Å²) >= 11 is 23.7. The zero-order valence-corrected chi connectivity index (χ0v) is 18.4. The fourth-order valence-corrected chi connectivity index (χ4v) is 3.16. The molecule has 0 aliphatic carbocycles. The van der Waals surface area contributed by atoms with E-state index in [1.807, 2.05) is 0 Å². The smallest absolute Gasteiger partial charge is 0.270 e. The van der Waals surface area contributed by atoms with E-state index in [9.17, 15) is 9.59 Å². The third kappa shape index (κ3) is 5.86. The van der Waals surface area contributed by atoms with Crippen LogP contribution < -0.4 is 10.6 Å². The van der Waals surface area contributed by atoms with Gasteiger partial charge in [0.25, 0.3) is 11.8 Å².